The Labute approximate surface area is 206 Å². The van der Waals surface area contributed by atoms with Gasteiger partial charge < -0.3 is 4.74 Å². The van der Waals surface area contributed by atoms with E-state index < -0.39 is 11.6 Å². The van der Waals surface area contributed by atoms with Crippen molar-refractivity contribution >= 4 is 12.2 Å². The Morgan fingerprint density at radius 3 is 2.26 bits per heavy atom. The molecule has 35 heavy (non-hydrogen) atoms. The number of ether oxygens (including phenoxy) is 1. The molecule has 1 saturated carbocycles. The summed E-state index contributed by atoms with van der Waals surface area (Å²) in [6.07, 6.45) is 11.0. The molecule has 0 aliphatic heterocycles. The Bertz CT molecular complexity index is 1200. The fourth-order valence-corrected chi connectivity index (χ4v) is 4.84. The van der Waals surface area contributed by atoms with Gasteiger partial charge in [-0.2, -0.15) is 0 Å². The molecule has 3 aromatic rings. The predicted molar refractivity (Wildman–Crippen MR) is 138 cm³/mol. The molecule has 1 aliphatic rings. The van der Waals surface area contributed by atoms with Gasteiger partial charge in [0.2, 0.25) is 0 Å². The SMILES string of the molecule is CC=Cc1ccc(-c2ccc(C=CC3CCC(c4ccc(OCC)cc4F)CC3)c(F)c2F)cc1. The van der Waals surface area contributed by atoms with E-state index >= 15 is 0 Å². The van der Waals surface area contributed by atoms with Crippen molar-refractivity contribution < 1.29 is 17.9 Å². The van der Waals surface area contributed by atoms with Crippen LogP contribution in [0.1, 0.15) is 62.1 Å². The van der Waals surface area contributed by atoms with Gasteiger partial charge in [0.15, 0.2) is 11.6 Å². The molecule has 0 spiro atoms. The van der Waals surface area contributed by atoms with E-state index in [2.05, 4.69) is 0 Å². The molecule has 1 fully saturated rings. The largest absolute Gasteiger partial charge is 0.494 e. The summed E-state index contributed by atoms with van der Waals surface area (Å²) in [6.45, 7) is 4.31. The van der Waals surface area contributed by atoms with E-state index in [0.717, 1.165) is 36.8 Å². The van der Waals surface area contributed by atoms with Crippen molar-refractivity contribution in [2.75, 3.05) is 6.61 Å². The summed E-state index contributed by atoms with van der Waals surface area (Å²) in [5.74, 6) is -0.899. The Hall–Kier alpha value is -3.27. The maximum Gasteiger partial charge on any atom is 0.167 e. The first-order valence-electron chi connectivity index (χ1n) is 12.3. The van der Waals surface area contributed by atoms with E-state index in [1.807, 2.05) is 56.3 Å². The van der Waals surface area contributed by atoms with Crippen LogP contribution >= 0.6 is 0 Å². The monoisotopic (exact) mass is 476 g/mol. The zero-order valence-electron chi connectivity index (χ0n) is 20.2. The predicted octanol–water partition coefficient (Wildman–Crippen LogP) is 9.19. The molecule has 0 radical (unpaired) electrons. The minimum atomic E-state index is -0.833. The molecule has 4 rings (SSSR count). The maximum atomic E-state index is 14.8. The number of allylic oxidation sites excluding steroid dienone is 2. The average Bonchev–Trinajstić information content (AvgIpc) is 2.87. The van der Waals surface area contributed by atoms with E-state index in [1.165, 1.54) is 6.07 Å². The van der Waals surface area contributed by atoms with E-state index in [1.54, 1.807) is 30.3 Å². The second kappa shape index (κ2) is 11.4. The molecule has 0 amide bonds. The summed E-state index contributed by atoms with van der Waals surface area (Å²) in [5.41, 5.74) is 2.89. The second-order valence-electron chi connectivity index (χ2n) is 9.04. The minimum Gasteiger partial charge on any atom is -0.494 e. The van der Waals surface area contributed by atoms with Gasteiger partial charge >= 0.3 is 0 Å². The normalized spacial score (nSPS) is 18.4. The zero-order chi connectivity index (χ0) is 24.8. The van der Waals surface area contributed by atoms with Gasteiger partial charge in [-0.15, -0.1) is 0 Å². The number of rotatable bonds is 7. The quantitative estimate of drug-likeness (QED) is 0.330. The first-order valence-corrected chi connectivity index (χ1v) is 12.3. The summed E-state index contributed by atoms with van der Waals surface area (Å²) >= 11 is 0. The van der Waals surface area contributed by atoms with Crippen LogP contribution in [0.3, 0.4) is 0 Å². The van der Waals surface area contributed by atoms with Crippen molar-refractivity contribution in [3.63, 3.8) is 0 Å². The van der Waals surface area contributed by atoms with Crippen molar-refractivity contribution in [3.05, 3.63) is 101 Å². The van der Waals surface area contributed by atoms with Crippen molar-refractivity contribution in [3.8, 4) is 16.9 Å². The molecule has 182 valence electrons. The first-order chi connectivity index (χ1) is 17.0. The van der Waals surface area contributed by atoms with Crippen molar-refractivity contribution in [2.45, 2.75) is 45.4 Å². The van der Waals surface area contributed by atoms with Crippen LogP contribution in [0, 0.1) is 23.4 Å². The molecule has 1 nitrogen and oxygen atoms in total. The van der Waals surface area contributed by atoms with Gasteiger partial charge in [-0.25, -0.2) is 13.2 Å². The van der Waals surface area contributed by atoms with Crippen LogP contribution in [0.4, 0.5) is 13.2 Å². The van der Waals surface area contributed by atoms with Crippen LogP contribution in [0.25, 0.3) is 23.3 Å². The van der Waals surface area contributed by atoms with E-state index in [-0.39, 0.29) is 28.8 Å². The van der Waals surface area contributed by atoms with E-state index in [4.69, 9.17) is 4.74 Å². The number of benzene rings is 3. The second-order valence-corrected chi connectivity index (χ2v) is 9.04. The standard InChI is InChI=1S/C31H31F3O/c1-3-5-21-6-13-24(14-7-21)28-18-16-25(30(33)31(28)34)15-10-22-8-11-23(12-9-22)27-19-17-26(35-4-2)20-29(27)32/h3,5-7,10,13-20,22-23H,4,8-9,11-12H2,1-2H3. The number of hydrogen-bond acceptors (Lipinski definition) is 1. The summed E-state index contributed by atoms with van der Waals surface area (Å²) in [6, 6.07) is 15.7. The fraction of sp³-hybridized carbons (Fsp3) is 0.290. The van der Waals surface area contributed by atoms with Gasteiger partial charge in [-0.3, -0.25) is 0 Å². The first kappa shape index (κ1) is 24.8. The number of hydrogen-bond donors (Lipinski definition) is 0. The van der Waals surface area contributed by atoms with Gasteiger partial charge in [-0.05, 0) is 74.1 Å². The maximum absolute atomic E-state index is 14.8. The van der Waals surface area contributed by atoms with Gasteiger partial charge in [0.05, 0.1) is 6.61 Å². The lowest BCUT2D eigenvalue weighted by Gasteiger charge is -2.27. The van der Waals surface area contributed by atoms with E-state index in [0.29, 0.717) is 17.9 Å². The number of halogens is 3. The molecule has 1 aliphatic carbocycles. The van der Waals surface area contributed by atoms with Gasteiger partial charge in [0, 0.05) is 17.2 Å². The van der Waals surface area contributed by atoms with Crippen molar-refractivity contribution in [1.82, 2.24) is 0 Å². The smallest absolute Gasteiger partial charge is 0.167 e. The molecule has 4 heteroatoms. The van der Waals surface area contributed by atoms with Gasteiger partial charge in [-0.1, -0.05) is 66.8 Å². The highest BCUT2D eigenvalue weighted by Crippen LogP contribution is 2.38. The summed E-state index contributed by atoms with van der Waals surface area (Å²) in [5, 5.41) is 0. The fourth-order valence-electron chi connectivity index (χ4n) is 4.84. The molecule has 0 atom stereocenters. The molecule has 0 heterocycles. The van der Waals surface area contributed by atoms with Crippen LogP contribution in [0.5, 0.6) is 5.75 Å². The Balaban J connectivity index is 1.40. The molecular weight excluding hydrogens is 445 g/mol. The Morgan fingerprint density at radius 1 is 0.857 bits per heavy atom. The van der Waals surface area contributed by atoms with Crippen LogP contribution in [-0.2, 0) is 0 Å². The van der Waals surface area contributed by atoms with Crippen molar-refractivity contribution in [2.24, 2.45) is 5.92 Å². The minimum absolute atomic E-state index is 0.169. The molecule has 3 aromatic carbocycles. The zero-order valence-corrected chi connectivity index (χ0v) is 20.2. The average molecular weight is 477 g/mol. The molecular formula is C31H31F3O. The highest BCUT2D eigenvalue weighted by molar-refractivity contribution is 5.68. The molecule has 0 aromatic heterocycles. The van der Waals surface area contributed by atoms with Crippen LogP contribution in [0.15, 0.2) is 66.7 Å². The molecule has 0 N–H and O–H groups in total. The lowest BCUT2D eigenvalue weighted by atomic mass is 9.78. The summed E-state index contributed by atoms with van der Waals surface area (Å²) in [7, 11) is 0. The van der Waals surface area contributed by atoms with Crippen LogP contribution in [-0.4, -0.2) is 6.61 Å². The Kier molecular flexibility index (Phi) is 8.12. The summed E-state index contributed by atoms with van der Waals surface area (Å²) in [4.78, 5) is 0. The molecule has 0 unspecified atom stereocenters. The highest BCUT2D eigenvalue weighted by Gasteiger charge is 2.23. The Morgan fingerprint density at radius 2 is 1.60 bits per heavy atom. The van der Waals surface area contributed by atoms with Gasteiger partial charge in [0.1, 0.15) is 11.6 Å². The lowest BCUT2D eigenvalue weighted by Crippen LogP contribution is -2.13. The third-order valence-corrected chi connectivity index (χ3v) is 6.74. The van der Waals surface area contributed by atoms with E-state index in [9.17, 15) is 13.2 Å². The summed E-state index contributed by atoms with van der Waals surface area (Å²) < 4.78 is 49.6. The van der Waals surface area contributed by atoms with Crippen LogP contribution in [0.2, 0.25) is 0 Å². The lowest BCUT2D eigenvalue weighted by molar-refractivity contribution is 0.336. The van der Waals surface area contributed by atoms with Gasteiger partial charge in [0.25, 0.3) is 0 Å². The molecule has 0 bridgehead atoms. The third-order valence-electron chi connectivity index (χ3n) is 6.74. The van der Waals surface area contributed by atoms with Crippen molar-refractivity contribution in [1.29, 1.82) is 0 Å². The topological polar surface area (TPSA) is 9.23 Å². The third kappa shape index (κ3) is 5.87. The van der Waals surface area contributed by atoms with Crippen LogP contribution < -0.4 is 4.74 Å². The highest BCUT2D eigenvalue weighted by atomic mass is 19.2. The molecule has 0 saturated heterocycles.